The number of nitrogens with one attached hydrogen (secondary N) is 2. The van der Waals surface area contributed by atoms with Crippen molar-refractivity contribution in [2.24, 2.45) is 0 Å². The lowest BCUT2D eigenvalue weighted by Crippen LogP contribution is -2.26. The molecule has 2 N–H and O–H groups in total. The van der Waals surface area contributed by atoms with Crippen molar-refractivity contribution in [2.45, 2.75) is 25.7 Å². The van der Waals surface area contributed by atoms with Gasteiger partial charge < -0.3 is 4.98 Å². The summed E-state index contributed by atoms with van der Waals surface area (Å²) in [5, 5.41) is 0. The Kier molecular flexibility index (Phi) is 1.43. The van der Waals surface area contributed by atoms with Crippen molar-refractivity contribution in [1.29, 1.82) is 0 Å². The number of aryl methyl sites for hydroxylation is 1. The normalized spacial score (nSPS) is 20.9. The molecule has 1 heterocycles. The molecule has 0 aliphatic heterocycles. The minimum atomic E-state index is -0.396. The predicted octanol–water partition coefficient (Wildman–Crippen LogP) is 0.113. The smallest absolute Gasteiger partial charge is 0.311 e. The van der Waals surface area contributed by atoms with Gasteiger partial charge in [-0.05, 0) is 18.8 Å². The third-order valence-corrected chi connectivity index (χ3v) is 2.38. The Bertz CT molecular complexity index is 416. The summed E-state index contributed by atoms with van der Waals surface area (Å²) in [6, 6.07) is 0. The van der Waals surface area contributed by atoms with E-state index < -0.39 is 5.69 Å². The summed E-state index contributed by atoms with van der Waals surface area (Å²) in [6.07, 6.45) is 1.77. The van der Waals surface area contributed by atoms with Crippen molar-refractivity contribution in [1.82, 2.24) is 9.97 Å². The Morgan fingerprint density at radius 2 is 2.08 bits per heavy atom. The van der Waals surface area contributed by atoms with E-state index in [-0.39, 0.29) is 11.5 Å². The molecule has 0 unspecified atom stereocenters. The maximum absolute atomic E-state index is 11.3. The molecule has 0 saturated heterocycles. The second-order valence-electron chi connectivity index (χ2n) is 3.24. The number of aromatic nitrogens is 2. The largest absolute Gasteiger partial charge is 0.325 e. The zero-order chi connectivity index (χ0) is 8.72. The highest BCUT2D eigenvalue weighted by molar-refractivity contribution is 5.25. The third-order valence-electron chi connectivity index (χ3n) is 2.38. The van der Waals surface area contributed by atoms with Crippen LogP contribution in [0.4, 0.5) is 0 Å². The van der Waals surface area contributed by atoms with Crippen molar-refractivity contribution < 1.29 is 0 Å². The lowest BCUT2D eigenvalue weighted by atomic mass is 10.1. The lowest BCUT2D eigenvalue weighted by Gasteiger charge is -1.99. The number of hydrogen-bond acceptors (Lipinski definition) is 2. The van der Waals surface area contributed by atoms with Gasteiger partial charge in [0, 0.05) is 11.3 Å². The molecule has 0 spiro atoms. The van der Waals surface area contributed by atoms with Gasteiger partial charge in [-0.3, -0.25) is 9.78 Å². The third kappa shape index (κ3) is 0.913. The molecule has 12 heavy (non-hydrogen) atoms. The Labute approximate surface area is 68.6 Å². The van der Waals surface area contributed by atoms with Crippen LogP contribution in [0.3, 0.4) is 0 Å². The van der Waals surface area contributed by atoms with Gasteiger partial charge in [-0.2, -0.15) is 0 Å². The summed E-state index contributed by atoms with van der Waals surface area (Å²) in [5.41, 5.74) is 0.956. The molecule has 0 amide bonds. The summed E-state index contributed by atoms with van der Waals surface area (Å²) < 4.78 is 0. The van der Waals surface area contributed by atoms with E-state index in [1.165, 1.54) is 0 Å². The molecule has 0 fully saturated rings. The number of H-pyrrole nitrogens is 2. The Balaban J connectivity index is 2.77. The molecular weight excluding hydrogens is 156 g/mol. The van der Waals surface area contributed by atoms with E-state index in [4.69, 9.17) is 0 Å². The highest BCUT2D eigenvalue weighted by atomic mass is 16.2. The molecule has 0 bridgehead atoms. The first kappa shape index (κ1) is 7.34. The first-order valence-electron chi connectivity index (χ1n) is 4.04. The average molecular weight is 166 g/mol. The second kappa shape index (κ2) is 2.33. The van der Waals surface area contributed by atoms with E-state index in [9.17, 15) is 9.59 Å². The molecule has 1 aromatic rings. The SMILES string of the molecule is C[C@@H]1CCc2[nH]c(=O)[nH]c(=O)c21. The van der Waals surface area contributed by atoms with Crippen LogP contribution in [0.5, 0.6) is 0 Å². The van der Waals surface area contributed by atoms with Gasteiger partial charge in [0.2, 0.25) is 0 Å². The number of aromatic amines is 2. The summed E-state index contributed by atoms with van der Waals surface area (Å²) in [5.74, 6) is 0.278. The lowest BCUT2D eigenvalue weighted by molar-refractivity contribution is 0.740. The summed E-state index contributed by atoms with van der Waals surface area (Å²) in [4.78, 5) is 27.0. The number of hydrogen-bond donors (Lipinski definition) is 2. The Morgan fingerprint density at radius 3 is 2.83 bits per heavy atom. The zero-order valence-corrected chi connectivity index (χ0v) is 6.81. The van der Waals surface area contributed by atoms with E-state index in [0.717, 1.165) is 24.1 Å². The van der Waals surface area contributed by atoms with Crippen LogP contribution in [-0.4, -0.2) is 9.97 Å². The second-order valence-corrected chi connectivity index (χ2v) is 3.24. The molecule has 4 nitrogen and oxygen atoms in total. The van der Waals surface area contributed by atoms with Crippen LogP contribution in [0.25, 0.3) is 0 Å². The van der Waals surface area contributed by atoms with Gasteiger partial charge in [0.1, 0.15) is 0 Å². The fourth-order valence-electron chi connectivity index (χ4n) is 1.77. The monoisotopic (exact) mass is 166 g/mol. The quantitative estimate of drug-likeness (QED) is 0.574. The van der Waals surface area contributed by atoms with Gasteiger partial charge in [-0.15, -0.1) is 0 Å². The minimum absolute atomic E-state index is 0.223. The summed E-state index contributed by atoms with van der Waals surface area (Å²) in [6.45, 7) is 2.00. The Hall–Kier alpha value is -1.32. The van der Waals surface area contributed by atoms with Crippen molar-refractivity contribution in [3.63, 3.8) is 0 Å². The van der Waals surface area contributed by atoms with Gasteiger partial charge in [0.05, 0.1) is 0 Å². The molecular formula is C8H10N2O2. The number of fused-ring (bicyclic) bond motifs is 1. The molecule has 1 aromatic heterocycles. The van der Waals surface area contributed by atoms with Gasteiger partial charge in [-0.25, -0.2) is 4.79 Å². The molecule has 2 rings (SSSR count). The van der Waals surface area contributed by atoms with Crippen molar-refractivity contribution in [2.75, 3.05) is 0 Å². The fourth-order valence-corrected chi connectivity index (χ4v) is 1.77. The molecule has 1 atom stereocenters. The van der Waals surface area contributed by atoms with Crippen molar-refractivity contribution >= 4 is 0 Å². The minimum Gasteiger partial charge on any atom is -0.311 e. The van der Waals surface area contributed by atoms with Gasteiger partial charge in [0.25, 0.3) is 5.56 Å². The molecule has 0 radical (unpaired) electrons. The molecule has 0 aromatic carbocycles. The van der Waals surface area contributed by atoms with Crippen molar-refractivity contribution in [3.05, 3.63) is 32.1 Å². The van der Waals surface area contributed by atoms with E-state index >= 15 is 0 Å². The molecule has 0 saturated carbocycles. The number of rotatable bonds is 0. The standard InChI is InChI=1S/C8H10N2O2/c1-4-2-3-5-6(4)7(11)10-8(12)9-5/h4H,2-3H2,1H3,(H2,9,10,11,12)/t4-/m1/s1. The maximum atomic E-state index is 11.3. The van der Waals surface area contributed by atoms with Gasteiger partial charge >= 0.3 is 5.69 Å². The van der Waals surface area contributed by atoms with Crippen LogP contribution >= 0.6 is 0 Å². The van der Waals surface area contributed by atoms with Gasteiger partial charge in [-0.1, -0.05) is 6.92 Å². The Morgan fingerprint density at radius 1 is 1.33 bits per heavy atom. The average Bonchev–Trinajstić information content (AvgIpc) is 2.31. The van der Waals surface area contributed by atoms with Crippen LogP contribution in [0, 0.1) is 0 Å². The van der Waals surface area contributed by atoms with Crippen LogP contribution in [0.15, 0.2) is 9.59 Å². The first-order valence-corrected chi connectivity index (χ1v) is 4.04. The highest BCUT2D eigenvalue weighted by Gasteiger charge is 2.22. The fraction of sp³-hybridized carbons (Fsp3) is 0.500. The van der Waals surface area contributed by atoms with E-state index in [2.05, 4.69) is 9.97 Å². The van der Waals surface area contributed by atoms with Crippen molar-refractivity contribution in [3.8, 4) is 0 Å². The summed E-state index contributed by atoms with van der Waals surface area (Å²) >= 11 is 0. The topological polar surface area (TPSA) is 65.7 Å². The van der Waals surface area contributed by atoms with Gasteiger partial charge in [0.15, 0.2) is 0 Å². The zero-order valence-electron chi connectivity index (χ0n) is 6.81. The summed E-state index contributed by atoms with van der Waals surface area (Å²) in [7, 11) is 0. The molecule has 1 aliphatic carbocycles. The van der Waals surface area contributed by atoms with E-state index in [1.54, 1.807) is 0 Å². The first-order chi connectivity index (χ1) is 5.68. The van der Waals surface area contributed by atoms with E-state index in [0.29, 0.717) is 0 Å². The van der Waals surface area contributed by atoms with Crippen LogP contribution in [0.2, 0.25) is 0 Å². The molecule has 64 valence electrons. The predicted molar refractivity (Wildman–Crippen MR) is 44.4 cm³/mol. The molecule has 1 aliphatic rings. The molecule has 4 heteroatoms. The maximum Gasteiger partial charge on any atom is 0.325 e. The van der Waals surface area contributed by atoms with Crippen LogP contribution in [-0.2, 0) is 6.42 Å². The highest BCUT2D eigenvalue weighted by Crippen LogP contribution is 2.26. The van der Waals surface area contributed by atoms with Crippen LogP contribution in [0.1, 0.15) is 30.5 Å². The van der Waals surface area contributed by atoms with E-state index in [1.807, 2.05) is 6.92 Å². The van der Waals surface area contributed by atoms with Crippen LogP contribution < -0.4 is 11.2 Å².